The zero-order chi connectivity index (χ0) is 24.5. The molecule has 2 aliphatic carbocycles. The molecule has 3 aliphatic rings. The van der Waals surface area contributed by atoms with Crippen LogP contribution in [0.2, 0.25) is 0 Å². The Morgan fingerprint density at radius 1 is 1.14 bits per heavy atom. The summed E-state index contributed by atoms with van der Waals surface area (Å²) >= 11 is 0. The van der Waals surface area contributed by atoms with Crippen LogP contribution in [-0.4, -0.2) is 44.1 Å². The average molecular weight is 490 g/mol. The van der Waals surface area contributed by atoms with E-state index in [2.05, 4.69) is 25.6 Å². The Balaban J connectivity index is 1.40. The van der Waals surface area contributed by atoms with Gasteiger partial charge in [0.05, 0.1) is 17.4 Å². The van der Waals surface area contributed by atoms with E-state index in [1.165, 1.54) is 30.9 Å². The predicted octanol–water partition coefficient (Wildman–Crippen LogP) is 5.50. The molecule has 1 unspecified atom stereocenters. The van der Waals surface area contributed by atoms with Crippen molar-refractivity contribution in [3.8, 4) is 11.4 Å². The van der Waals surface area contributed by atoms with E-state index in [-0.39, 0.29) is 11.1 Å². The highest BCUT2D eigenvalue weighted by Gasteiger charge is 2.50. The van der Waals surface area contributed by atoms with Crippen molar-refractivity contribution in [2.24, 2.45) is 5.41 Å². The molecule has 186 valence electrons. The molecule has 1 saturated heterocycles. The van der Waals surface area contributed by atoms with Crippen LogP contribution >= 0.6 is 0 Å². The van der Waals surface area contributed by atoms with Gasteiger partial charge in [-0.2, -0.15) is 0 Å². The van der Waals surface area contributed by atoms with E-state index in [1.807, 2.05) is 6.20 Å². The summed E-state index contributed by atoms with van der Waals surface area (Å²) in [4.78, 5) is 21.6. The van der Waals surface area contributed by atoms with Crippen molar-refractivity contribution in [2.75, 3.05) is 18.4 Å². The molecule has 5 heterocycles. The van der Waals surface area contributed by atoms with Crippen molar-refractivity contribution >= 4 is 27.8 Å². The van der Waals surface area contributed by atoms with Crippen molar-refractivity contribution in [1.29, 1.82) is 0 Å². The maximum absolute atomic E-state index is 14.1. The van der Waals surface area contributed by atoms with Gasteiger partial charge in [0.1, 0.15) is 11.5 Å². The second-order valence-electron chi connectivity index (χ2n) is 10.9. The molecule has 3 N–H and O–H groups in total. The molecule has 3 fully saturated rings. The minimum Gasteiger partial charge on any atom is -0.366 e. The fraction of sp³-hybridized carbons (Fsp3) is 0.481. The SMILES string of the molecule is CC(F)(F)c1cc2c(-c3nc(NC4CCNCC45CC5)c4c(C5CCC5)cncc4n3)ccnc2[nH]1. The molecular formula is C27H29F2N7. The second-order valence-corrected chi connectivity index (χ2v) is 10.9. The van der Waals surface area contributed by atoms with Gasteiger partial charge < -0.3 is 15.6 Å². The highest BCUT2D eigenvalue weighted by atomic mass is 19.3. The average Bonchev–Trinajstić information content (AvgIpc) is 3.43. The third-order valence-corrected chi connectivity index (χ3v) is 8.46. The quantitative estimate of drug-likeness (QED) is 0.343. The second kappa shape index (κ2) is 7.90. The summed E-state index contributed by atoms with van der Waals surface area (Å²) in [6, 6.07) is 3.60. The predicted molar refractivity (Wildman–Crippen MR) is 135 cm³/mol. The van der Waals surface area contributed by atoms with Crippen LogP contribution in [0.15, 0.2) is 30.7 Å². The lowest BCUT2D eigenvalue weighted by Crippen LogP contribution is -2.45. The van der Waals surface area contributed by atoms with Gasteiger partial charge in [-0.1, -0.05) is 6.42 Å². The number of aromatic nitrogens is 5. The van der Waals surface area contributed by atoms with Crippen molar-refractivity contribution in [2.45, 2.75) is 63.3 Å². The molecule has 1 spiro atoms. The van der Waals surface area contributed by atoms with Crippen LogP contribution in [0.4, 0.5) is 14.6 Å². The number of nitrogens with one attached hydrogen (secondary N) is 3. The van der Waals surface area contributed by atoms with Gasteiger partial charge in [0.15, 0.2) is 5.82 Å². The monoisotopic (exact) mass is 489 g/mol. The van der Waals surface area contributed by atoms with Crippen LogP contribution in [0, 0.1) is 5.41 Å². The number of hydrogen-bond donors (Lipinski definition) is 3. The van der Waals surface area contributed by atoms with Gasteiger partial charge in [0.25, 0.3) is 5.92 Å². The number of fused-ring (bicyclic) bond motifs is 2. The molecule has 0 amide bonds. The summed E-state index contributed by atoms with van der Waals surface area (Å²) in [7, 11) is 0. The van der Waals surface area contributed by atoms with Gasteiger partial charge in [-0.05, 0) is 62.3 Å². The van der Waals surface area contributed by atoms with Crippen molar-refractivity contribution in [3.05, 3.63) is 42.0 Å². The molecule has 9 heteroatoms. The van der Waals surface area contributed by atoms with E-state index in [1.54, 1.807) is 18.5 Å². The minimum absolute atomic E-state index is 0.170. The highest BCUT2D eigenvalue weighted by molar-refractivity contribution is 5.97. The lowest BCUT2D eigenvalue weighted by atomic mass is 9.79. The normalized spacial score (nSPS) is 21.7. The van der Waals surface area contributed by atoms with Gasteiger partial charge in [0.2, 0.25) is 0 Å². The third-order valence-electron chi connectivity index (χ3n) is 8.46. The Morgan fingerprint density at radius 3 is 2.75 bits per heavy atom. The zero-order valence-corrected chi connectivity index (χ0v) is 20.2. The van der Waals surface area contributed by atoms with Crippen LogP contribution in [0.1, 0.15) is 62.6 Å². The molecule has 1 aliphatic heterocycles. The Morgan fingerprint density at radius 2 is 2.00 bits per heavy atom. The number of anilines is 1. The van der Waals surface area contributed by atoms with Crippen LogP contribution in [0.25, 0.3) is 33.3 Å². The molecule has 4 aromatic rings. The first-order valence-corrected chi connectivity index (χ1v) is 12.9. The van der Waals surface area contributed by atoms with E-state index in [9.17, 15) is 8.78 Å². The maximum Gasteiger partial charge on any atom is 0.284 e. The van der Waals surface area contributed by atoms with Crippen LogP contribution < -0.4 is 10.6 Å². The molecule has 0 bridgehead atoms. The first kappa shape index (κ1) is 22.0. The Hall–Kier alpha value is -3.20. The number of hydrogen-bond acceptors (Lipinski definition) is 6. The molecule has 2 saturated carbocycles. The summed E-state index contributed by atoms with van der Waals surface area (Å²) in [6.07, 6.45) is 12.4. The number of pyridine rings is 2. The smallest absolute Gasteiger partial charge is 0.284 e. The Labute approximate surface area is 207 Å². The first-order chi connectivity index (χ1) is 17.4. The van der Waals surface area contributed by atoms with E-state index >= 15 is 0 Å². The molecule has 0 aromatic carbocycles. The van der Waals surface area contributed by atoms with Gasteiger partial charge in [0, 0.05) is 53.7 Å². The maximum atomic E-state index is 14.1. The molecule has 1 atom stereocenters. The van der Waals surface area contributed by atoms with E-state index in [4.69, 9.17) is 9.97 Å². The summed E-state index contributed by atoms with van der Waals surface area (Å²) in [5.41, 5.74) is 3.19. The molecule has 4 aromatic heterocycles. The molecular weight excluding hydrogens is 460 g/mol. The topological polar surface area (TPSA) is 91.4 Å². The Kier molecular flexibility index (Phi) is 4.83. The summed E-state index contributed by atoms with van der Waals surface area (Å²) < 4.78 is 28.2. The van der Waals surface area contributed by atoms with Crippen LogP contribution in [-0.2, 0) is 5.92 Å². The minimum atomic E-state index is -3.00. The summed E-state index contributed by atoms with van der Waals surface area (Å²) in [6.45, 7) is 2.89. The molecule has 7 rings (SSSR count). The van der Waals surface area contributed by atoms with Crippen molar-refractivity contribution < 1.29 is 8.78 Å². The first-order valence-electron chi connectivity index (χ1n) is 12.9. The molecule has 7 nitrogen and oxygen atoms in total. The van der Waals surface area contributed by atoms with E-state index < -0.39 is 5.92 Å². The summed E-state index contributed by atoms with van der Waals surface area (Å²) in [5.74, 6) is -1.19. The van der Waals surface area contributed by atoms with Crippen molar-refractivity contribution in [1.82, 2.24) is 30.2 Å². The van der Waals surface area contributed by atoms with Gasteiger partial charge in [-0.25, -0.2) is 23.7 Å². The number of rotatable bonds is 5. The lowest BCUT2D eigenvalue weighted by Gasteiger charge is -2.34. The number of nitrogens with zero attached hydrogens (tertiary/aromatic N) is 4. The van der Waals surface area contributed by atoms with Crippen LogP contribution in [0.3, 0.4) is 0 Å². The molecule has 0 radical (unpaired) electrons. The number of aromatic amines is 1. The fourth-order valence-electron chi connectivity index (χ4n) is 5.91. The highest BCUT2D eigenvalue weighted by Crippen LogP contribution is 2.52. The zero-order valence-electron chi connectivity index (χ0n) is 20.2. The van der Waals surface area contributed by atoms with E-state index in [0.717, 1.165) is 56.0 Å². The van der Waals surface area contributed by atoms with E-state index in [0.29, 0.717) is 34.4 Å². The van der Waals surface area contributed by atoms with Gasteiger partial charge >= 0.3 is 0 Å². The Bertz CT molecular complexity index is 1470. The molecule has 36 heavy (non-hydrogen) atoms. The third kappa shape index (κ3) is 3.55. The van der Waals surface area contributed by atoms with Gasteiger partial charge in [-0.3, -0.25) is 4.98 Å². The van der Waals surface area contributed by atoms with Crippen LogP contribution in [0.5, 0.6) is 0 Å². The fourth-order valence-corrected chi connectivity index (χ4v) is 5.91. The van der Waals surface area contributed by atoms with Crippen molar-refractivity contribution in [3.63, 3.8) is 0 Å². The number of H-pyrrole nitrogens is 1. The lowest BCUT2D eigenvalue weighted by molar-refractivity contribution is 0.0135. The number of alkyl halides is 2. The largest absolute Gasteiger partial charge is 0.366 e. The van der Waals surface area contributed by atoms with Gasteiger partial charge in [-0.15, -0.1) is 0 Å². The standard InChI is InChI=1S/C27H29F2N7/c1-26(28,29)21-11-17-16(5-10-32-23(17)35-21)24-33-19-13-31-12-18(15-3-2-4-15)22(19)25(36-24)34-20-6-9-30-14-27(20)7-8-27/h5,10-13,15,20,30H,2-4,6-9,14H2,1H3,(H,32,35)(H,33,34,36). The number of halogens is 2. The number of piperidine rings is 1. The summed E-state index contributed by atoms with van der Waals surface area (Å²) in [5, 5.41) is 9.04.